The Bertz CT molecular complexity index is 2780. The second-order valence-electron chi connectivity index (χ2n) is 18.1. The maximum absolute atomic E-state index is 16.1. The first-order valence-corrected chi connectivity index (χ1v) is 23.4. The van der Waals surface area contributed by atoms with Crippen LogP contribution in [0.5, 0.6) is 17.2 Å². The predicted molar refractivity (Wildman–Crippen MR) is 250 cm³/mol. The lowest BCUT2D eigenvalue weighted by Crippen LogP contribution is -2.58. The molecule has 12 nitrogen and oxygen atoms in total. The Balaban J connectivity index is 1.07. The van der Waals surface area contributed by atoms with Crippen molar-refractivity contribution in [2.24, 2.45) is 5.92 Å². The zero-order valence-corrected chi connectivity index (χ0v) is 37.1. The number of benzene rings is 5. The lowest BCUT2D eigenvalue weighted by molar-refractivity contribution is -0.179. The fourth-order valence-electron chi connectivity index (χ4n) is 11.3. The van der Waals surface area contributed by atoms with Crippen molar-refractivity contribution in [3.05, 3.63) is 166 Å². The van der Waals surface area contributed by atoms with Crippen LogP contribution in [0.2, 0.25) is 0 Å². The molecular weight excluding hydrogens is 845 g/mol. The summed E-state index contributed by atoms with van der Waals surface area (Å²) in [4.78, 5) is 53.4. The van der Waals surface area contributed by atoms with Crippen molar-refractivity contribution in [2.45, 2.75) is 61.9 Å². The Kier molecular flexibility index (Phi) is 11.5. The monoisotopic (exact) mass is 896 g/mol. The van der Waals surface area contributed by atoms with Crippen LogP contribution < -0.4 is 19.5 Å². The molecule has 0 saturated carbocycles. The van der Waals surface area contributed by atoms with Crippen LogP contribution >= 0.6 is 0 Å². The minimum Gasteiger partial charge on any atom is -0.491 e. The van der Waals surface area contributed by atoms with E-state index in [9.17, 15) is 5.11 Å². The summed E-state index contributed by atoms with van der Waals surface area (Å²) >= 11 is 0. The summed E-state index contributed by atoms with van der Waals surface area (Å²) in [5, 5.41) is 12.8. The molecule has 1 aliphatic carbocycles. The average Bonchev–Trinajstić information content (AvgIpc) is 4.06. The third kappa shape index (κ3) is 7.71. The number of nitrogens with one attached hydrogen (secondary N) is 1. The second-order valence-corrected chi connectivity index (χ2v) is 18.1. The fraction of sp³-hybridized carbons (Fsp3) is 0.327. The molecule has 3 saturated heterocycles. The van der Waals surface area contributed by atoms with Crippen molar-refractivity contribution >= 4 is 23.5 Å². The van der Waals surface area contributed by atoms with Crippen LogP contribution in [0.3, 0.4) is 0 Å². The number of carbonyl (C=O) groups is 3. The van der Waals surface area contributed by atoms with Crippen molar-refractivity contribution in [3.8, 4) is 29.1 Å². The molecule has 340 valence electrons. The molecule has 5 heterocycles. The van der Waals surface area contributed by atoms with E-state index in [2.05, 4.69) is 33.0 Å². The van der Waals surface area contributed by atoms with Gasteiger partial charge in [-0.15, -0.1) is 0 Å². The maximum Gasteiger partial charge on any atom is 0.324 e. The molecule has 0 unspecified atom stereocenters. The number of amides is 2. The SMILES string of the molecule is O=C1O[C@@H](c2ccccc2)[C@@H](c2ccccc2)N2[C@@H](c3ccc(OCCO)cc3)[C@]3(C(=O)Nc4ccc(C#CC5=CCCCC5)cc43)[C@@H](C(=O)N3CCN(Cc4ccc5c(c4)OCO5)CC3)[C@H]12. The minimum atomic E-state index is -1.63. The first kappa shape index (κ1) is 42.7. The van der Waals surface area contributed by atoms with Crippen LogP contribution in [0.4, 0.5) is 5.69 Å². The van der Waals surface area contributed by atoms with Crippen LogP contribution in [0.1, 0.15) is 77.3 Å². The number of ether oxygens (including phenoxy) is 4. The molecule has 1 spiro atoms. The summed E-state index contributed by atoms with van der Waals surface area (Å²) < 4.78 is 23.7. The highest BCUT2D eigenvalue weighted by Crippen LogP contribution is 2.65. The third-order valence-electron chi connectivity index (χ3n) is 14.3. The third-order valence-corrected chi connectivity index (χ3v) is 14.3. The Labute approximate surface area is 390 Å². The molecule has 12 heteroatoms. The molecule has 2 amide bonds. The van der Waals surface area contributed by atoms with E-state index in [1.165, 1.54) is 0 Å². The number of piperazine rings is 1. The Morgan fingerprint density at radius 1 is 0.791 bits per heavy atom. The molecule has 3 fully saturated rings. The van der Waals surface area contributed by atoms with E-state index in [0.717, 1.165) is 65.0 Å². The number of cyclic esters (lactones) is 1. The van der Waals surface area contributed by atoms with Gasteiger partial charge in [-0.1, -0.05) is 96.8 Å². The molecule has 0 bridgehead atoms. The van der Waals surface area contributed by atoms with E-state index in [1.807, 2.05) is 126 Å². The van der Waals surface area contributed by atoms with Gasteiger partial charge < -0.3 is 34.3 Å². The molecular formula is C55H52N4O8. The standard InChI is InChI=1S/C55H52N4O8/c60-30-31-64-42-22-20-41(21-23-42)51-55(43-32-37(18-24-44(43)56-54(55)63)17-16-36-10-4-1-5-11-36)47(52(61)58-28-26-57(27-29-58)34-38-19-25-45-46(33-38)66-35-65-45)49-53(62)67-50(40-14-8-3-9-15-40)48(59(49)51)39-12-6-2-7-13-39/h2-3,6-10,12-15,18-25,32-33,47-51,60H,1,4-5,11,26-31,34-35H2,(H,56,63)/t47-,48-,49-,50+,51+,55-/m1/s1. The van der Waals surface area contributed by atoms with Crippen LogP contribution in [-0.4, -0.2) is 89.8 Å². The van der Waals surface area contributed by atoms with Gasteiger partial charge in [0.05, 0.1) is 24.6 Å². The molecule has 6 atom stereocenters. The van der Waals surface area contributed by atoms with Crippen LogP contribution in [0.25, 0.3) is 0 Å². The lowest BCUT2D eigenvalue weighted by Gasteiger charge is -2.46. The van der Waals surface area contributed by atoms with Gasteiger partial charge in [-0.2, -0.15) is 0 Å². The highest BCUT2D eigenvalue weighted by atomic mass is 16.7. The molecule has 6 aliphatic rings. The summed E-state index contributed by atoms with van der Waals surface area (Å²) in [6.07, 6.45) is 5.58. The molecule has 5 aromatic carbocycles. The van der Waals surface area contributed by atoms with Crippen molar-refractivity contribution < 1.29 is 38.4 Å². The quantitative estimate of drug-likeness (QED) is 0.115. The van der Waals surface area contributed by atoms with Gasteiger partial charge in [0.25, 0.3) is 0 Å². The van der Waals surface area contributed by atoms with Crippen LogP contribution in [0.15, 0.2) is 133 Å². The fourth-order valence-corrected chi connectivity index (χ4v) is 11.3. The molecule has 5 aromatic rings. The Morgan fingerprint density at radius 3 is 2.30 bits per heavy atom. The number of aliphatic hydroxyl groups is 1. The summed E-state index contributed by atoms with van der Waals surface area (Å²) in [5.74, 6) is 6.41. The number of morpholine rings is 1. The number of aliphatic hydroxyl groups excluding tert-OH is 1. The van der Waals surface area contributed by atoms with Crippen molar-refractivity contribution in [1.82, 2.24) is 14.7 Å². The number of rotatable bonds is 9. The molecule has 5 aliphatic heterocycles. The number of anilines is 1. The van der Waals surface area contributed by atoms with Gasteiger partial charge >= 0.3 is 5.97 Å². The zero-order chi connectivity index (χ0) is 45.5. The summed E-state index contributed by atoms with van der Waals surface area (Å²) in [5.41, 5.74) is 4.85. The van der Waals surface area contributed by atoms with E-state index >= 15 is 14.4 Å². The zero-order valence-electron chi connectivity index (χ0n) is 37.1. The normalized spacial score (nSPS) is 25.4. The van der Waals surface area contributed by atoms with Crippen molar-refractivity contribution in [1.29, 1.82) is 0 Å². The number of esters is 1. The molecule has 0 aromatic heterocycles. The van der Waals surface area contributed by atoms with E-state index in [-0.39, 0.29) is 31.8 Å². The van der Waals surface area contributed by atoms with Gasteiger partial charge in [0.2, 0.25) is 18.6 Å². The Hall–Kier alpha value is -6.91. The maximum atomic E-state index is 16.1. The smallest absolute Gasteiger partial charge is 0.324 e. The van der Waals surface area contributed by atoms with Crippen molar-refractivity contribution in [2.75, 3.05) is 51.5 Å². The highest BCUT2D eigenvalue weighted by molar-refractivity contribution is 6.12. The number of hydrogen-bond acceptors (Lipinski definition) is 10. The predicted octanol–water partition coefficient (Wildman–Crippen LogP) is 7.25. The number of nitrogens with zero attached hydrogens (tertiary/aromatic N) is 3. The van der Waals surface area contributed by atoms with E-state index < -0.39 is 41.5 Å². The number of fused-ring (bicyclic) bond motifs is 4. The van der Waals surface area contributed by atoms with Gasteiger partial charge in [0.1, 0.15) is 29.9 Å². The molecule has 67 heavy (non-hydrogen) atoms. The number of hydrogen-bond donors (Lipinski definition) is 2. The average molecular weight is 897 g/mol. The van der Waals surface area contributed by atoms with Gasteiger partial charge in [-0.3, -0.25) is 24.2 Å². The Morgan fingerprint density at radius 2 is 1.55 bits per heavy atom. The van der Waals surface area contributed by atoms with Crippen LogP contribution in [-0.2, 0) is 31.1 Å². The van der Waals surface area contributed by atoms with E-state index in [4.69, 9.17) is 18.9 Å². The number of allylic oxidation sites excluding steroid dienone is 2. The topological polar surface area (TPSA) is 130 Å². The first-order valence-electron chi connectivity index (χ1n) is 23.4. The van der Waals surface area contributed by atoms with Gasteiger partial charge in [-0.25, -0.2) is 0 Å². The number of carbonyl (C=O) groups excluding carboxylic acids is 3. The summed E-state index contributed by atoms with van der Waals surface area (Å²) in [7, 11) is 0. The van der Waals surface area contributed by atoms with E-state index in [1.54, 1.807) is 0 Å². The van der Waals surface area contributed by atoms with Gasteiger partial charge in [0.15, 0.2) is 11.5 Å². The molecule has 0 radical (unpaired) electrons. The second kappa shape index (κ2) is 18.1. The molecule has 11 rings (SSSR count). The van der Waals surface area contributed by atoms with Crippen molar-refractivity contribution in [3.63, 3.8) is 0 Å². The lowest BCUT2D eigenvalue weighted by atomic mass is 9.65. The van der Waals surface area contributed by atoms with Gasteiger partial charge in [-0.05, 0) is 102 Å². The first-order chi connectivity index (χ1) is 32.9. The minimum absolute atomic E-state index is 0.110. The highest BCUT2D eigenvalue weighted by Gasteiger charge is 2.74. The molecule has 2 N–H and O–H groups in total. The summed E-state index contributed by atoms with van der Waals surface area (Å²) in [6, 6.07) is 36.2. The van der Waals surface area contributed by atoms with E-state index in [0.29, 0.717) is 55.3 Å². The largest absolute Gasteiger partial charge is 0.491 e. The summed E-state index contributed by atoms with van der Waals surface area (Å²) in [6.45, 7) is 2.77. The van der Waals surface area contributed by atoms with Crippen LogP contribution in [0, 0.1) is 17.8 Å². The van der Waals surface area contributed by atoms with Gasteiger partial charge in [0, 0.05) is 44.0 Å².